The number of carbonyl (C=O) groups excluding carboxylic acids is 1. The number of amides is 1. The number of aromatic nitrogens is 2. The van der Waals surface area contributed by atoms with E-state index in [2.05, 4.69) is 5.10 Å². The molecule has 1 amide bonds. The molecule has 0 bridgehead atoms. The summed E-state index contributed by atoms with van der Waals surface area (Å²) >= 11 is 0. The van der Waals surface area contributed by atoms with Crippen molar-refractivity contribution in [1.29, 1.82) is 0 Å². The van der Waals surface area contributed by atoms with E-state index in [0.717, 1.165) is 0 Å². The quantitative estimate of drug-likeness (QED) is 0.570. The van der Waals surface area contributed by atoms with E-state index in [1.165, 1.54) is 10.9 Å². The maximum absolute atomic E-state index is 11.0. The zero-order chi connectivity index (χ0) is 12.4. The Kier molecular flexibility index (Phi) is 2.67. The van der Waals surface area contributed by atoms with Gasteiger partial charge in [0.05, 0.1) is 17.6 Å². The second-order valence-corrected chi connectivity index (χ2v) is 3.38. The molecule has 88 valence electrons. The Morgan fingerprint density at radius 2 is 2.24 bits per heavy atom. The van der Waals surface area contributed by atoms with Gasteiger partial charge in [0.1, 0.15) is 11.4 Å². The number of nitrogens with two attached hydrogens (primary N) is 2. The molecule has 1 aromatic carbocycles. The van der Waals surface area contributed by atoms with Gasteiger partial charge in [0.15, 0.2) is 0 Å². The first-order valence-corrected chi connectivity index (χ1v) is 4.77. The van der Waals surface area contributed by atoms with Gasteiger partial charge < -0.3 is 11.5 Å². The van der Waals surface area contributed by atoms with Crippen LogP contribution in [0.3, 0.4) is 0 Å². The number of anilines is 2. The average Bonchev–Trinajstić information content (AvgIpc) is 2.71. The van der Waals surface area contributed by atoms with Crippen LogP contribution in [0.4, 0.5) is 11.5 Å². The van der Waals surface area contributed by atoms with Gasteiger partial charge in [0.25, 0.3) is 5.91 Å². The Hall–Kier alpha value is -2.54. The van der Waals surface area contributed by atoms with Crippen molar-refractivity contribution in [1.82, 2.24) is 9.78 Å². The maximum Gasteiger partial charge on any atom is 0.254 e. The second kappa shape index (κ2) is 4.14. The summed E-state index contributed by atoms with van der Waals surface area (Å²) in [5.41, 5.74) is 14.1. The minimum atomic E-state index is -0.634. The first-order chi connectivity index (χ1) is 8.13. The molecule has 0 aliphatic heterocycles. The van der Waals surface area contributed by atoms with Crippen LogP contribution in [0, 0.1) is 0 Å². The summed E-state index contributed by atoms with van der Waals surface area (Å²) in [7, 11) is 0. The number of rotatable bonds is 3. The predicted octanol–water partition coefficient (Wildman–Crippen LogP) is 0.354. The SMILES string of the molecule is NC(=O)c1cnn(-c2cccc(NO)c2)c1N. The largest absolute Gasteiger partial charge is 0.383 e. The second-order valence-electron chi connectivity index (χ2n) is 3.38. The van der Waals surface area contributed by atoms with Gasteiger partial charge in [-0.3, -0.25) is 15.5 Å². The number of carbonyl (C=O) groups is 1. The van der Waals surface area contributed by atoms with Crippen LogP contribution in [0.2, 0.25) is 0 Å². The van der Waals surface area contributed by atoms with Crippen molar-refractivity contribution in [2.45, 2.75) is 0 Å². The predicted molar refractivity (Wildman–Crippen MR) is 61.9 cm³/mol. The molecule has 0 radical (unpaired) electrons. The first kappa shape index (κ1) is 11.0. The average molecular weight is 233 g/mol. The number of nitrogens with one attached hydrogen (secondary N) is 1. The molecule has 1 heterocycles. The summed E-state index contributed by atoms with van der Waals surface area (Å²) < 4.78 is 1.36. The smallest absolute Gasteiger partial charge is 0.254 e. The lowest BCUT2D eigenvalue weighted by molar-refractivity contribution is 0.100. The van der Waals surface area contributed by atoms with Crippen LogP contribution < -0.4 is 16.9 Å². The van der Waals surface area contributed by atoms with E-state index < -0.39 is 5.91 Å². The van der Waals surface area contributed by atoms with E-state index >= 15 is 0 Å². The number of benzene rings is 1. The lowest BCUT2D eigenvalue weighted by Crippen LogP contribution is -2.13. The number of primary amides is 1. The van der Waals surface area contributed by atoms with E-state index in [1.807, 2.05) is 5.48 Å². The zero-order valence-corrected chi connectivity index (χ0v) is 8.79. The Bertz CT molecular complexity index is 564. The molecule has 0 fully saturated rings. The Balaban J connectivity index is 2.49. The molecule has 7 nitrogen and oxygen atoms in total. The van der Waals surface area contributed by atoms with E-state index in [9.17, 15) is 4.79 Å². The molecule has 2 aromatic rings. The van der Waals surface area contributed by atoms with Crippen molar-refractivity contribution in [3.63, 3.8) is 0 Å². The van der Waals surface area contributed by atoms with Crippen LogP contribution in [0.1, 0.15) is 10.4 Å². The fourth-order valence-electron chi connectivity index (χ4n) is 1.46. The van der Waals surface area contributed by atoms with Crippen molar-refractivity contribution in [3.05, 3.63) is 36.0 Å². The fourth-order valence-corrected chi connectivity index (χ4v) is 1.46. The molecule has 7 heteroatoms. The summed E-state index contributed by atoms with van der Waals surface area (Å²) in [4.78, 5) is 11.0. The lowest BCUT2D eigenvalue weighted by atomic mass is 10.2. The topological polar surface area (TPSA) is 119 Å². The van der Waals surface area contributed by atoms with Crippen molar-refractivity contribution < 1.29 is 10.0 Å². The summed E-state index contributed by atoms with van der Waals surface area (Å²) in [5, 5.41) is 12.8. The van der Waals surface area contributed by atoms with Crippen LogP contribution in [0.15, 0.2) is 30.5 Å². The molecule has 1 aromatic heterocycles. The van der Waals surface area contributed by atoms with Gasteiger partial charge in [0.2, 0.25) is 0 Å². The molecule has 0 atom stereocenters. The minimum absolute atomic E-state index is 0.160. The highest BCUT2D eigenvalue weighted by molar-refractivity contribution is 5.97. The number of nitrogens with zero attached hydrogens (tertiary/aromatic N) is 2. The van der Waals surface area contributed by atoms with Gasteiger partial charge in [-0.05, 0) is 18.2 Å². The van der Waals surface area contributed by atoms with Gasteiger partial charge >= 0.3 is 0 Å². The lowest BCUT2D eigenvalue weighted by Gasteiger charge is -2.06. The maximum atomic E-state index is 11.0. The van der Waals surface area contributed by atoms with E-state index in [0.29, 0.717) is 11.4 Å². The van der Waals surface area contributed by atoms with Gasteiger partial charge in [0, 0.05) is 0 Å². The van der Waals surface area contributed by atoms with E-state index in [4.69, 9.17) is 16.7 Å². The Labute approximate surface area is 96.6 Å². The van der Waals surface area contributed by atoms with Gasteiger partial charge in [-0.15, -0.1) is 0 Å². The highest BCUT2D eigenvalue weighted by atomic mass is 16.5. The first-order valence-electron chi connectivity index (χ1n) is 4.77. The molecule has 0 saturated heterocycles. The fraction of sp³-hybridized carbons (Fsp3) is 0. The molecule has 0 saturated carbocycles. The van der Waals surface area contributed by atoms with Crippen LogP contribution in [-0.4, -0.2) is 20.9 Å². The van der Waals surface area contributed by atoms with Gasteiger partial charge in [-0.1, -0.05) is 6.07 Å². The van der Waals surface area contributed by atoms with Crippen LogP contribution in [-0.2, 0) is 0 Å². The number of nitrogen functional groups attached to an aromatic ring is 1. The Morgan fingerprint density at radius 3 is 2.82 bits per heavy atom. The zero-order valence-electron chi connectivity index (χ0n) is 8.79. The van der Waals surface area contributed by atoms with E-state index in [-0.39, 0.29) is 11.4 Å². The highest BCUT2D eigenvalue weighted by Gasteiger charge is 2.13. The summed E-state index contributed by atoms with van der Waals surface area (Å²) in [6, 6.07) is 6.72. The monoisotopic (exact) mass is 233 g/mol. The van der Waals surface area contributed by atoms with Crippen LogP contribution in [0.5, 0.6) is 0 Å². The van der Waals surface area contributed by atoms with Crippen molar-refractivity contribution in [2.75, 3.05) is 11.2 Å². The molecular weight excluding hydrogens is 222 g/mol. The van der Waals surface area contributed by atoms with E-state index in [1.54, 1.807) is 24.3 Å². The Morgan fingerprint density at radius 1 is 1.47 bits per heavy atom. The number of hydrogen-bond donors (Lipinski definition) is 4. The van der Waals surface area contributed by atoms with Crippen molar-refractivity contribution >= 4 is 17.4 Å². The molecule has 6 N–H and O–H groups in total. The highest BCUT2D eigenvalue weighted by Crippen LogP contribution is 2.19. The molecular formula is C10H11N5O2. The summed E-state index contributed by atoms with van der Waals surface area (Å²) in [6.45, 7) is 0. The third-order valence-electron chi connectivity index (χ3n) is 2.29. The third-order valence-corrected chi connectivity index (χ3v) is 2.29. The number of hydrogen-bond acceptors (Lipinski definition) is 5. The molecule has 0 unspecified atom stereocenters. The minimum Gasteiger partial charge on any atom is -0.383 e. The molecule has 0 aliphatic carbocycles. The van der Waals surface area contributed by atoms with Crippen molar-refractivity contribution in [2.24, 2.45) is 5.73 Å². The molecule has 2 rings (SSSR count). The molecule has 0 aliphatic rings. The normalized spacial score (nSPS) is 10.2. The van der Waals surface area contributed by atoms with Crippen LogP contribution >= 0.6 is 0 Å². The summed E-state index contributed by atoms with van der Waals surface area (Å²) in [6.07, 6.45) is 1.30. The molecule has 17 heavy (non-hydrogen) atoms. The van der Waals surface area contributed by atoms with Crippen molar-refractivity contribution in [3.8, 4) is 5.69 Å². The standard InChI is InChI=1S/C10H11N5O2/c11-9-8(10(12)16)5-13-15(9)7-3-1-2-6(4-7)14-17/h1-5,14,17H,11H2,(H2,12,16). The van der Waals surface area contributed by atoms with Gasteiger partial charge in [-0.25, -0.2) is 4.68 Å². The third kappa shape index (κ3) is 1.91. The molecule has 0 spiro atoms. The van der Waals surface area contributed by atoms with Gasteiger partial charge in [-0.2, -0.15) is 5.10 Å². The van der Waals surface area contributed by atoms with Crippen LogP contribution in [0.25, 0.3) is 5.69 Å². The summed E-state index contributed by atoms with van der Waals surface area (Å²) in [5.74, 6) is -0.474.